The Bertz CT molecular complexity index is 106. The van der Waals surface area contributed by atoms with Gasteiger partial charge in [-0.1, -0.05) is 19.8 Å². The molecular formula is C9H19NO. The van der Waals surface area contributed by atoms with Crippen molar-refractivity contribution < 1.29 is 5.11 Å². The molecule has 1 fully saturated rings. The Hall–Kier alpha value is -0.0800. The lowest BCUT2D eigenvalue weighted by molar-refractivity contribution is 0.250. The van der Waals surface area contributed by atoms with Crippen molar-refractivity contribution in [2.75, 3.05) is 6.61 Å². The average molecular weight is 157 g/mol. The van der Waals surface area contributed by atoms with E-state index in [1.807, 2.05) is 0 Å². The number of rotatable bonds is 4. The highest BCUT2D eigenvalue weighted by molar-refractivity contribution is 4.82. The van der Waals surface area contributed by atoms with Gasteiger partial charge in [-0.25, -0.2) is 0 Å². The highest BCUT2D eigenvalue weighted by atomic mass is 16.3. The molecule has 0 aliphatic carbocycles. The number of hydrogen-bond acceptors (Lipinski definition) is 2. The van der Waals surface area contributed by atoms with Crippen LogP contribution in [0.15, 0.2) is 0 Å². The van der Waals surface area contributed by atoms with Gasteiger partial charge in [0.15, 0.2) is 0 Å². The van der Waals surface area contributed by atoms with E-state index in [9.17, 15) is 0 Å². The molecule has 0 aromatic carbocycles. The monoisotopic (exact) mass is 157 g/mol. The normalized spacial score (nSPS) is 31.1. The van der Waals surface area contributed by atoms with Crippen molar-refractivity contribution in [1.82, 2.24) is 5.32 Å². The second-order valence-electron chi connectivity index (χ2n) is 3.46. The van der Waals surface area contributed by atoms with Gasteiger partial charge < -0.3 is 10.4 Å². The predicted octanol–water partition coefficient (Wildman–Crippen LogP) is 1.29. The van der Waals surface area contributed by atoms with E-state index in [0.717, 1.165) is 6.42 Å². The first kappa shape index (κ1) is 9.01. The molecule has 0 radical (unpaired) electrons. The van der Waals surface area contributed by atoms with E-state index in [4.69, 9.17) is 5.11 Å². The molecule has 0 bridgehead atoms. The number of aliphatic hydroxyl groups is 1. The topological polar surface area (TPSA) is 32.3 Å². The van der Waals surface area contributed by atoms with Gasteiger partial charge in [-0.15, -0.1) is 0 Å². The molecule has 2 atom stereocenters. The van der Waals surface area contributed by atoms with Gasteiger partial charge in [0.25, 0.3) is 0 Å². The second-order valence-corrected chi connectivity index (χ2v) is 3.46. The summed E-state index contributed by atoms with van der Waals surface area (Å²) in [6, 6.07) is 1.07. The molecule has 0 aromatic rings. The maximum Gasteiger partial charge on any atom is 0.0584 e. The van der Waals surface area contributed by atoms with Gasteiger partial charge in [0.1, 0.15) is 0 Å². The van der Waals surface area contributed by atoms with Crippen LogP contribution in [0.4, 0.5) is 0 Å². The summed E-state index contributed by atoms with van der Waals surface area (Å²) in [6.07, 6.45) is 6.29. The number of hydrogen-bond donors (Lipinski definition) is 2. The predicted molar refractivity (Wildman–Crippen MR) is 46.6 cm³/mol. The molecule has 2 nitrogen and oxygen atoms in total. The van der Waals surface area contributed by atoms with Gasteiger partial charge in [-0.05, 0) is 19.3 Å². The number of aliphatic hydroxyl groups excluding tert-OH is 1. The highest BCUT2D eigenvalue weighted by Gasteiger charge is 2.21. The van der Waals surface area contributed by atoms with Crippen LogP contribution < -0.4 is 5.32 Å². The fourth-order valence-corrected chi connectivity index (χ4v) is 1.72. The van der Waals surface area contributed by atoms with Crippen LogP contribution in [0.1, 0.15) is 39.0 Å². The van der Waals surface area contributed by atoms with Gasteiger partial charge >= 0.3 is 0 Å². The lowest BCUT2D eigenvalue weighted by Gasteiger charge is -2.11. The molecule has 0 saturated carbocycles. The quantitative estimate of drug-likeness (QED) is 0.644. The number of nitrogens with one attached hydrogen (secondary N) is 1. The van der Waals surface area contributed by atoms with E-state index in [2.05, 4.69) is 12.2 Å². The van der Waals surface area contributed by atoms with Crippen molar-refractivity contribution in [2.45, 2.75) is 51.1 Å². The summed E-state index contributed by atoms with van der Waals surface area (Å²) in [5.74, 6) is 0. The Morgan fingerprint density at radius 2 is 2.09 bits per heavy atom. The molecule has 0 amide bonds. The second kappa shape index (κ2) is 4.73. The Balaban J connectivity index is 2.09. The van der Waals surface area contributed by atoms with Crippen LogP contribution in [-0.4, -0.2) is 23.8 Å². The highest BCUT2D eigenvalue weighted by Crippen LogP contribution is 2.16. The summed E-state index contributed by atoms with van der Waals surface area (Å²) >= 11 is 0. The molecular weight excluding hydrogens is 138 g/mol. The van der Waals surface area contributed by atoms with Crippen LogP contribution in [0.2, 0.25) is 0 Å². The van der Waals surface area contributed by atoms with Gasteiger partial charge in [0.2, 0.25) is 0 Å². The zero-order chi connectivity index (χ0) is 8.10. The lowest BCUT2D eigenvalue weighted by Crippen LogP contribution is -2.31. The zero-order valence-electron chi connectivity index (χ0n) is 7.34. The van der Waals surface area contributed by atoms with Crippen LogP contribution >= 0.6 is 0 Å². The molecule has 1 aliphatic rings. The summed E-state index contributed by atoms with van der Waals surface area (Å²) in [5.41, 5.74) is 0. The first-order chi connectivity index (χ1) is 5.36. The third-order valence-electron chi connectivity index (χ3n) is 2.46. The Morgan fingerprint density at radius 1 is 1.36 bits per heavy atom. The van der Waals surface area contributed by atoms with E-state index in [-0.39, 0.29) is 0 Å². The van der Waals surface area contributed by atoms with E-state index >= 15 is 0 Å². The van der Waals surface area contributed by atoms with Gasteiger partial charge in [-0.3, -0.25) is 0 Å². The zero-order valence-corrected chi connectivity index (χ0v) is 7.34. The van der Waals surface area contributed by atoms with Crippen molar-refractivity contribution >= 4 is 0 Å². The van der Waals surface area contributed by atoms with Crippen LogP contribution in [-0.2, 0) is 0 Å². The van der Waals surface area contributed by atoms with Crippen LogP contribution in [0.5, 0.6) is 0 Å². The molecule has 1 heterocycles. The van der Waals surface area contributed by atoms with Crippen molar-refractivity contribution in [3.63, 3.8) is 0 Å². The molecule has 2 heteroatoms. The fraction of sp³-hybridized carbons (Fsp3) is 1.00. The fourth-order valence-electron chi connectivity index (χ4n) is 1.72. The number of unbranched alkanes of at least 4 members (excludes halogenated alkanes) is 1. The summed E-state index contributed by atoms with van der Waals surface area (Å²) in [5, 5.41) is 12.3. The van der Waals surface area contributed by atoms with Crippen LogP contribution in [0, 0.1) is 0 Å². The van der Waals surface area contributed by atoms with Crippen molar-refractivity contribution in [3.05, 3.63) is 0 Å². The third-order valence-corrected chi connectivity index (χ3v) is 2.46. The van der Waals surface area contributed by atoms with Crippen LogP contribution in [0.3, 0.4) is 0 Å². The molecule has 1 saturated heterocycles. The smallest absolute Gasteiger partial charge is 0.0584 e. The van der Waals surface area contributed by atoms with Gasteiger partial charge in [0.05, 0.1) is 6.61 Å². The summed E-state index contributed by atoms with van der Waals surface area (Å²) in [7, 11) is 0. The van der Waals surface area contributed by atoms with E-state index < -0.39 is 0 Å². The molecule has 0 unspecified atom stereocenters. The molecule has 2 N–H and O–H groups in total. The third kappa shape index (κ3) is 2.80. The van der Waals surface area contributed by atoms with E-state index in [1.165, 1.54) is 25.7 Å². The largest absolute Gasteiger partial charge is 0.395 e. The molecule has 66 valence electrons. The Kier molecular flexibility index (Phi) is 3.87. The molecule has 1 rings (SSSR count). The maximum absolute atomic E-state index is 8.85. The Morgan fingerprint density at radius 3 is 2.64 bits per heavy atom. The molecule has 0 spiro atoms. The first-order valence-electron chi connectivity index (χ1n) is 4.73. The van der Waals surface area contributed by atoms with Gasteiger partial charge in [-0.2, -0.15) is 0 Å². The van der Waals surface area contributed by atoms with Crippen molar-refractivity contribution in [1.29, 1.82) is 0 Å². The maximum atomic E-state index is 8.85. The minimum absolute atomic E-state index is 0.308. The summed E-state index contributed by atoms with van der Waals surface area (Å²) < 4.78 is 0. The minimum atomic E-state index is 0.308. The summed E-state index contributed by atoms with van der Waals surface area (Å²) in [4.78, 5) is 0. The van der Waals surface area contributed by atoms with Crippen molar-refractivity contribution in [3.8, 4) is 0 Å². The summed E-state index contributed by atoms with van der Waals surface area (Å²) in [6.45, 7) is 2.53. The molecule has 0 aromatic heterocycles. The van der Waals surface area contributed by atoms with Crippen LogP contribution in [0.25, 0.3) is 0 Å². The molecule has 11 heavy (non-hydrogen) atoms. The molecule has 1 aliphatic heterocycles. The standard InChI is InChI=1S/C9H19NO/c1-2-3-4-8-5-6-9(7-11)10-8/h8-11H,2-7H2,1H3/t8-,9-/m0/s1. The average Bonchev–Trinajstić information content (AvgIpc) is 2.48. The van der Waals surface area contributed by atoms with Crippen molar-refractivity contribution in [2.24, 2.45) is 0 Å². The Labute approximate surface area is 69.0 Å². The lowest BCUT2D eigenvalue weighted by atomic mass is 10.1. The van der Waals surface area contributed by atoms with Gasteiger partial charge in [0, 0.05) is 12.1 Å². The SMILES string of the molecule is CCCC[C@H]1CC[C@@H](CO)N1. The van der Waals surface area contributed by atoms with E-state index in [1.54, 1.807) is 0 Å². The van der Waals surface area contributed by atoms with E-state index in [0.29, 0.717) is 18.7 Å². The minimum Gasteiger partial charge on any atom is -0.395 e. The first-order valence-corrected chi connectivity index (χ1v) is 4.73.